The average molecular weight is 429 g/mol. The van der Waals surface area contributed by atoms with Gasteiger partial charge in [-0.05, 0) is 43.5 Å². The van der Waals surface area contributed by atoms with Crippen molar-refractivity contribution in [1.82, 2.24) is 19.2 Å². The van der Waals surface area contributed by atoms with Crippen LogP contribution in [0.15, 0.2) is 52.4 Å². The van der Waals surface area contributed by atoms with Crippen LogP contribution < -0.4 is 5.56 Å². The molecule has 2 heterocycles. The van der Waals surface area contributed by atoms with Crippen molar-refractivity contribution in [3.05, 3.63) is 63.9 Å². The summed E-state index contributed by atoms with van der Waals surface area (Å²) in [5.41, 5.74) is 3.32. The minimum atomic E-state index is -0.257. The van der Waals surface area contributed by atoms with Crippen LogP contribution in [0, 0.1) is 42.4 Å². The van der Waals surface area contributed by atoms with Gasteiger partial charge in [-0.2, -0.15) is 10.5 Å². The van der Waals surface area contributed by atoms with Crippen LogP contribution >= 0.6 is 11.8 Å². The summed E-state index contributed by atoms with van der Waals surface area (Å²) in [6, 6.07) is 17.7. The molecule has 0 saturated heterocycles. The van der Waals surface area contributed by atoms with Gasteiger partial charge >= 0.3 is 0 Å². The minimum absolute atomic E-state index is 0.145. The molecule has 8 heteroatoms. The summed E-state index contributed by atoms with van der Waals surface area (Å²) in [6.45, 7) is 3.94. The first-order chi connectivity index (χ1) is 15.1. The highest BCUT2D eigenvalue weighted by Crippen LogP contribution is 2.27. The van der Waals surface area contributed by atoms with Crippen molar-refractivity contribution in [3.63, 3.8) is 0 Å². The normalized spacial score (nSPS) is 12.0. The van der Waals surface area contributed by atoms with E-state index in [4.69, 9.17) is 5.26 Å². The number of rotatable bonds is 6. The summed E-state index contributed by atoms with van der Waals surface area (Å²) in [7, 11) is 0. The predicted molar refractivity (Wildman–Crippen MR) is 120 cm³/mol. The van der Waals surface area contributed by atoms with Crippen LogP contribution in [0.5, 0.6) is 0 Å². The largest absolute Gasteiger partial charge is 0.268 e. The molecule has 31 heavy (non-hydrogen) atoms. The van der Waals surface area contributed by atoms with E-state index in [9.17, 15) is 10.1 Å². The molecule has 4 aromatic rings. The van der Waals surface area contributed by atoms with Gasteiger partial charge in [0.1, 0.15) is 0 Å². The van der Waals surface area contributed by atoms with E-state index in [0.29, 0.717) is 34.9 Å². The van der Waals surface area contributed by atoms with Crippen LogP contribution in [0.2, 0.25) is 0 Å². The second-order valence-electron chi connectivity index (χ2n) is 7.35. The van der Waals surface area contributed by atoms with Gasteiger partial charge in [-0.25, -0.2) is 4.57 Å². The number of nitrogens with zero attached hydrogens (tertiary/aromatic N) is 6. The lowest BCUT2D eigenvalue weighted by atomic mass is 10.1. The van der Waals surface area contributed by atoms with Crippen molar-refractivity contribution >= 4 is 28.4 Å². The van der Waals surface area contributed by atoms with Gasteiger partial charge in [-0.15, -0.1) is 10.2 Å². The molecule has 0 aliphatic rings. The fraction of sp³-hybridized carbons (Fsp3) is 0.261. The highest BCUT2D eigenvalue weighted by atomic mass is 32.2. The first-order valence-corrected chi connectivity index (χ1v) is 10.9. The molecule has 2 aromatic heterocycles. The summed E-state index contributed by atoms with van der Waals surface area (Å²) >= 11 is 1.41. The minimum Gasteiger partial charge on any atom is -0.268 e. The highest BCUT2D eigenvalue weighted by molar-refractivity contribution is 7.99. The Bertz CT molecular complexity index is 1400. The molecule has 0 fully saturated rings. The van der Waals surface area contributed by atoms with Crippen LogP contribution in [0.1, 0.15) is 24.0 Å². The van der Waals surface area contributed by atoms with Crippen LogP contribution in [0.25, 0.3) is 22.4 Å². The second kappa shape index (κ2) is 8.63. The quantitative estimate of drug-likeness (QED) is 0.427. The molecule has 0 aliphatic heterocycles. The standard InChI is InChI=1S/C23H20N6OS/c1-15-7-5-8-16(2)20(15)29-21(30)18-10-3-4-11-19(18)28-22(29)26-27-23(28)31-14-17(13-25)9-6-12-24/h3-5,7-8,10-11,17H,6,9,14H2,1-2H3/t17-/m0/s1. The molecule has 4 rings (SSSR count). The molecule has 0 bridgehead atoms. The van der Waals surface area contributed by atoms with Crippen LogP contribution in [0.4, 0.5) is 0 Å². The third kappa shape index (κ3) is 3.67. The molecular weight excluding hydrogens is 408 g/mol. The van der Waals surface area contributed by atoms with E-state index in [1.165, 1.54) is 11.8 Å². The molecule has 0 unspecified atom stereocenters. The van der Waals surface area contributed by atoms with E-state index >= 15 is 0 Å². The third-order valence-electron chi connectivity index (χ3n) is 5.26. The number of aryl methyl sites for hydroxylation is 2. The van der Waals surface area contributed by atoms with E-state index in [2.05, 4.69) is 22.3 Å². The van der Waals surface area contributed by atoms with E-state index in [1.807, 2.05) is 54.6 Å². The molecular formula is C23H20N6OS. The van der Waals surface area contributed by atoms with Crippen LogP contribution in [-0.2, 0) is 0 Å². The number of para-hydroxylation sites is 2. The van der Waals surface area contributed by atoms with Crippen molar-refractivity contribution in [3.8, 4) is 17.8 Å². The molecule has 0 radical (unpaired) electrons. The Morgan fingerprint density at radius 2 is 1.81 bits per heavy atom. The predicted octanol–water partition coefficient (Wildman–Crippen LogP) is 4.19. The monoisotopic (exact) mass is 428 g/mol. The van der Waals surface area contributed by atoms with Crippen molar-refractivity contribution < 1.29 is 0 Å². The maximum atomic E-state index is 13.5. The average Bonchev–Trinajstić information content (AvgIpc) is 3.19. The number of hydrogen-bond acceptors (Lipinski definition) is 6. The van der Waals surface area contributed by atoms with Gasteiger partial charge in [0.2, 0.25) is 5.78 Å². The van der Waals surface area contributed by atoms with E-state index in [1.54, 1.807) is 10.6 Å². The van der Waals surface area contributed by atoms with Gasteiger partial charge in [0.05, 0.1) is 34.6 Å². The van der Waals surface area contributed by atoms with Crippen LogP contribution in [0.3, 0.4) is 0 Å². The van der Waals surface area contributed by atoms with E-state index < -0.39 is 0 Å². The van der Waals surface area contributed by atoms with E-state index in [0.717, 1.165) is 22.3 Å². The molecule has 1 atom stereocenters. The Hall–Kier alpha value is -3.62. The third-order valence-corrected chi connectivity index (χ3v) is 6.35. The summed E-state index contributed by atoms with van der Waals surface area (Å²) < 4.78 is 3.51. The lowest BCUT2D eigenvalue weighted by molar-refractivity contribution is 0.684. The van der Waals surface area contributed by atoms with E-state index in [-0.39, 0.29) is 11.5 Å². The lowest BCUT2D eigenvalue weighted by Crippen LogP contribution is -2.23. The zero-order valence-electron chi connectivity index (χ0n) is 17.2. The number of hydrogen-bond donors (Lipinski definition) is 0. The zero-order valence-corrected chi connectivity index (χ0v) is 18.1. The van der Waals surface area contributed by atoms with Crippen molar-refractivity contribution in [1.29, 1.82) is 10.5 Å². The molecule has 0 spiro atoms. The number of fused-ring (bicyclic) bond motifs is 3. The fourth-order valence-electron chi connectivity index (χ4n) is 3.73. The van der Waals surface area contributed by atoms with Gasteiger partial charge in [0, 0.05) is 12.2 Å². The molecule has 0 amide bonds. The summed E-state index contributed by atoms with van der Waals surface area (Å²) in [5, 5.41) is 28.1. The summed E-state index contributed by atoms with van der Waals surface area (Å²) in [4.78, 5) is 13.5. The van der Waals surface area contributed by atoms with Gasteiger partial charge in [-0.1, -0.05) is 42.1 Å². The Kier molecular flexibility index (Phi) is 5.75. The van der Waals surface area contributed by atoms with Crippen molar-refractivity contribution in [2.24, 2.45) is 5.92 Å². The van der Waals surface area contributed by atoms with Crippen molar-refractivity contribution in [2.45, 2.75) is 31.8 Å². The second-order valence-corrected chi connectivity index (χ2v) is 8.34. The first kappa shape index (κ1) is 20.6. The Balaban J connectivity index is 1.93. The molecule has 2 aromatic carbocycles. The highest BCUT2D eigenvalue weighted by Gasteiger charge is 2.20. The van der Waals surface area contributed by atoms with Gasteiger partial charge in [0.25, 0.3) is 5.56 Å². The van der Waals surface area contributed by atoms with Crippen LogP contribution in [-0.4, -0.2) is 24.9 Å². The summed E-state index contributed by atoms with van der Waals surface area (Å²) in [5.74, 6) is 0.678. The lowest BCUT2D eigenvalue weighted by Gasteiger charge is -2.15. The molecule has 0 aliphatic carbocycles. The molecule has 0 saturated carbocycles. The zero-order chi connectivity index (χ0) is 22.0. The number of benzene rings is 2. The Morgan fingerprint density at radius 3 is 2.52 bits per heavy atom. The SMILES string of the molecule is Cc1cccc(C)c1-n1c(=O)c2ccccc2n2c(SC[C@H](C#N)CCC#N)nnc12. The molecule has 154 valence electrons. The maximum absolute atomic E-state index is 13.5. The smallest absolute Gasteiger partial charge is 0.267 e. The van der Waals surface area contributed by atoms with Gasteiger partial charge < -0.3 is 0 Å². The van der Waals surface area contributed by atoms with Gasteiger partial charge in [-0.3, -0.25) is 9.20 Å². The fourth-order valence-corrected chi connectivity index (χ4v) is 4.73. The maximum Gasteiger partial charge on any atom is 0.267 e. The number of nitriles is 2. The number of aromatic nitrogens is 4. The van der Waals surface area contributed by atoms with Gasteiger partial charge in [0.15, 0.2) is 5.16 Å². The number of thioether (sulfide) groups is 1. The Labute approximate surface area is 183 Å². The summed E-state index contributed by atoms with van der Waals surface area (Å²) in [6.07, 6.45) is 0.860. The Morgan fingerprint density at radius 1 is 1.06 bits per heavy atom. The first-order valence-electron chi connectivity index (χ1n) is 9.91. The molecule has 0 N–H and O–H groups in total. The topological polar surface area (TPSA) is 99.8 Å². The van der Waals surface area contributed by atoms with Crippen molar-refractivity contribution in [2.75, 3.05) is 5.75 Å². The molecule has 7 nitrogen and oxygen atoms in total.